The molecule has 0 spiro atoms. The van der Waals surface area contributed by atoms with E-state index in [1.807, 2.05) is 0 Å². The second-order valence-corrected chi connectivity index (χ2v) is 7.91. The molecule has 1 amide bonds. The maximum Gasteiger partial charge on any atom is 0.417 e. The number of nitrogen functional groups attached to an aromatic ring is 1. The van der Waals surface area contributed by atoms with Crippen LogP contribution in [0.4, 0.5) is 24.8 Å². The number of carbonyl (C=O) groups excluding carboxylic acids is 1. The van der Waals surface area contributed by atoms with Crippen LogP contribution in [0.1, 0.15) is 11.1 Å². The normalized spacial score (nSPS) is 11.7. The molecule has 14 heteroatoms. The first-order chi connectivity index (χ1) is 15.1. The predicted molar refractivity (Wildman–Crippen MR) is 119 cm³/mol. The molecule has 2 aromatic carbocycles. The van der Waals surface area contributed by atoms with Gasteiger partial charge < -0.3 is 11.2 Å². The standard InChI is InChI=1S/C18H14Cl2F3N7OS/c19-11-3-1-10(2-4-11)8-25-27-16-28-29-17(30(16)24)32-9-15(31)26-12-5-6-14(20)13(7-12)18(21,22)23/h1-8H,9,24H2,(H,26,31)(H,27,28)/b25-8+. The fourth-order valence-corrected chi connectivity index (χ4v) is 3.32. The van der Waals surface area contributed by atoms with Crippen LogP contribution in [-0.2, 0) is 11.0 Å². The Bertz CT molecular complexity index is 1140. The molecule has 1 aromatic heterocycles. The first-order valence-electron chi connectivity index (χ1n) is 8.68. The smallest absolute Gasteiger partial charge is 0.334 e. The molecule has 4 N–H and O–H groups in total. The number of hydrazone groups is 1. The van der Waals surface area contributed by atoms with Crippen molar-refractivity contribution in [3.05, 3.63) is 63.6 Å². The largest absolute Gasteiger partial charge is 0.417 e. The van der Waals surface area contributed by atoms with Gasteiger partial charge in [-0.3, -0.25) is 4.79 Å². The maximum atomic E-state index is 12.9. The number of alkyl halides is 3. The lowest BCUT2D eigenvalue weighted by atomic mass is 10.2. The number of hydrogen-bond acceptors (Lipinski definition) is 7. The molecule has 0 saturated carbocycles. The molecule has 0 saturated heterocycles. The Morgan fingerprint density at radius 1 is 1.19 bits per heavy atom. The van der Waals surface area contributed by atoms with Gasteiger partial charge >= 0.3 is 6.18 Å². The summed E-state index contributed by atoms with van der Waals surface area (Å²) in [6, 6.07) is 10.0. The number of amides is 1. The predicted octanol–water partition coefficient (Wildman–Crippen LogP) is 4.49. The number of rotatable bonds is 7. The zero-order valence-electron chi connectivity index (χ0n) is 15.9. The van der Waals surface area contributed by atoms with Crippen molar-refractivity contribution in [2.45, 2.75) is 11.3 Å². The number of anilines is 2. The van der Waals surface area contributed by atoms with E-state index < -0.39 is 22.7 Å². The number of nitrogens with two attached hydrogens (primary N) is 1. The molecule has 3 aromatic rings. The van der Waals surface area contributed by atoms with Gasteiger partial charge in [-0.2, -0.15) is 18.3 Å². The summed E-state index contributed by atoms with van der Waals surface area (Å²) >= 11 is 12.3. The second kappa shape index (κ2) is 10.1. The molecule has 0 aliphatic rings. The van der Waals surface area contributed by atoms with E-state index in [1.54, 1.807) is 24.3 Å². The van der Waals surface area contributed by atoms with E-state index in [-0.39, 0.29) is 22.5 Å². The molecule has 0 fully saturated rings. The summed E-state index contributed by atoms with van der Waals surface area (Å²) in [7, 11) is 0. The fourth-order valence-electron chi connectivity index (χ4n) is 2.31. The average Bonchev–Trinajstić information content (AvgIpc) is 3.08. The van der Waals surface area contributed by atoms with Crippen molar-refractivity contribution in [3.8, 4) is 0 Å². The number of benzene rings is 2. The van der Waals surface area contributed by atoms with Gasteiger partial charge in [0.25, 0.3) is 5.95 Å². The Balaban J connectivity index is 1.55. The van der Waals surface area contributed by atoms with Crippen molar-refractivity contribution in [1.29, 1.82) is 0 Å². The summed E-state index contributed by atoms with van der Waals surface area (Å²) in [5.74, 6) is 5.25. The molecule has 32 heavy (non-hydrogen) atoms. The number of halogens is 5. The fraction of sp³-hybridized carbons (Fsp3) is 0.111. The average molecular weight is 504 g/mol. The molecule has 0 bridgehead atoms. The van der Waals surface area contributed by atoms with Gasteiger partial charge in [0.15, 0.2) is 0 Å². The number of aromatic nitrogens is 3. The lowest BCUT2D eigenvalue weighted by Crippen LogP contribution is -2.17. The van der Waals surface area contributed by atoms with E-state index in [0.717, 1.165) is 34.1 Å². The maximum absolute atomic E-state index is 12.9. The number of thioether (sulfide) groups is 1. The van der Waals surface area contributed by atoms with E-state index >= 15 is 0 Å². The highest BCUT2D eigenvalue weighted by molar-refractivity contribution is 7.99. The molecule has 0 aliphatic carbocycles. The van der Waals surface area contributed by atoms with Gasteiger partial charge in [0.2, 0.25) is 11.1 Å². The Morgan fingerprint density at radius 2 is 1.91 bits per heavy atom. The highest BCUT2D eigenvalue weighted by atomic mass is 35.5. The molecule has 0 atom stereocenters. The quantitative estimate of drug-likeness (QED) is 0.189. The highest BCUT2D eigenvalue weighted by Crippen LogP contribution is 2.36. The van der Waals surface area contributed by atoms with Crippen LogP contribution < -0.4 is 16.6 Å². The van der Waals surface area contributed by atoms with Crippen molar-refractivity contribution >= 4 is 58.7 Å². The molecule has 0 aliphatic heterocycles. The minimum Gasteiger partial charge on any atom is -0.334 e. The number of nitrogens with zero attached hydrogens (tertiary/aromatic N) is 4. The van der Waals surface area contributed by atoms with E-state index in [0.29, 0.717) is 5.02 Å². The SMILES string of the molecule is Nn1c(N/N=C/c2ccc(Cl)cc2)nnc1SCC(=O)Nc1ccc(Cl)c(C(F)(F)F)c1. The van der Waals surface area contributed by atoms with Crippen molar-refractivity contribution < 1.29 is 18.0 Å². The zero-order valence-corrected chi connectivity index (χ0v) is 18.2. The van der Waals surface area contributed by atoms with E-state index in [1.165, 1.54) is 12.3 Å². The third-order valence-corrected chi connectivity index (χ3v) is 5.33. The Hall–Kier alpha value is -2.96. The van der Waals surface area contributed by atoms with Crippen LogP contribution in [-0.4, -0.2) is 32.7 Å². The van der Waals surface area contributed by atoms with E-state index in [4.69, 9.17) is 29.0 Å². The van der Waals surface area contributed by atoms with Crippen molar-refractivity contribution in [2.24, 2.45) is 5.10 Å². The molecular weight excluding hydrogens is 490 g/mol. The van der Waals surface area contributed by atoms with Crippen LogP contribution in [0.5, 0.6) is 0 Å². The summed E-state index contributed by atoms with van der Waals surface area (Å²) < 4.78 is 39.9. The van der Waals surface area contributed by atoms with Gasteiger partial charge in [-0.05, 0) is 35.9 Å². The topological polar surface area (TPSA) is 110 Å². The molecular formula is C18H14Cl2F3N7OS. The number of nitrogens with one attached hydrogen (secondary N) is 2. The van der Waals surface area contributed by atoms with Crippen LogP contribution in [0, 0.1) is 0 Å². The first-order valence-corrected chi connectivity index (χ1v) is 10.4. The minimum atomic E-state index is -4.64. The summed E-state index contributed by atoms with van der Waals surface area (Å²) in [6.07, 6.45) is -3.12. The van der Waals surface area contributed by atoms with E-state index in [2.05, 4.69) is 26.0 Å². The monoisotopic (exact) mass is 503 g/mol. The molecule has 8 nitrogen and oxygen atoms in total. The van der Waals surface area contributed by atoms with Crippen LogP contribution in [0.25, 0.3) is 0 Å². The van der Waals surface area contributed by atoms with Crippen molar-refractivity contribution in [3.63, 3.8) is 0 Å². The lowest BCUT2D eigenvalue weighted by Gasteiger charge is -2.11. The molecule has 1 heterocycles. The Labute approximate surface area is 193 Å². The molecule has 0 radical (unpaired) electrons. The lowest BCUT2D eigenvalue weighted by molar-refractivity contribution is -0.137. The highest BCUT2D eigenvalue weighted by Gasteiger charge is 2.33. The Morgan fingerprint density at radius 3 is 2.59 bits per heavy atom. The molecule has 3 rings (SSSR count). The third-order valence-electron chi connectivity index (χ3n) is 3.80. The van der Waals surface area contributed by atoms with Crippen LogP contribution in [0.2, 0.25) is 10.0 Å². The number of hydrogen-bond donors (Lipinski definition) is 3. The van der Waals surface area contributed by atoms with Gasteiger partial charge in [-0.1, -0.05) is 47.1 Å². The van der Waals surface area contributed by atoms with Gasteiger partial charge in [-0.25, -0.2) is 10.1 Å². The van der Waals surface area contributed by atoms with Gasteiger partial charge in [0, 0.05) is 10.7 Å². The number of carbonyl (C=O) groups is 1. The second-order valence-electron chi connectivity index (χ2n) is 6.13. The Kier molecular flexibility index (Phi) is 7.48. The first kappa shape index (κ1) is 23.7. The van der Waals surface area contributed by atoms with E-state index in [9.17, 15) is 18.0 Å². The van der Waals surface area contributed by atoms with Crippen LogP contribution in [0.3, 0.4) is 0 Å². The minimum absolute atomic E-state index is 0.0413. The van der Waals surface area contributed by atoms with Crippen LogP contribution in [0.15, 0.2) is 52.7 Å². The summed E-state index contributed by atoms with van der Waals surface area (Å²) in [6.45, 7) is 0. The van der Waals surface area contributed by atoms with Gasteiger partial charge in [0.05, 0.1) is 22.6 Å². The third kappa shape index (κ3) is 6.28. The van der Waals surface area contributed by atoms with Crippen molar-refractivity contribution in [1.82, 2.24) is 14.9 Å². The molecule has 168 valence electrons. The van der Waals surface area contributed by atoms with Gasteiger partial charge in [0.1, 0.15) is 0 Å². The van der Waals surface area contributed by atoms with Crippen molar-refractivity contribution in [2.75, 3.05) is 22.3 Å². The summed E-state index contributed by atoms with van der Waals surface area (Å²) in [5, 5.41) is 14.3. The van der Waals surface area contributed by atoms with Crippen LogP contribution >= 0.6 is 35.0 Å². The van der Waals surface area contributed by atoms with Gasteiger partial charge in [-0.15, -0.1) is 10.2 Å². The molecule has 0 unspecified atom stereocenters. The summed E-state index contributed by atoms with van der Waals surface area (Å²) in [4.78, 5) is 12.1. The zero-order chi connectivity index (χ0) is 23.3. The summed E-state index contributed by atoms with van der Waals surface area (Å²) in [5.41, 5.74) is 2.32.